The van der Waals surface area contributed by atoms with E-state index in [0.717, 1.165) is 77.0 Å². The fraction of sp³-hybridized carbons (Fsp3) is 0.765. The lowest BCUT2D eigenvalue weighted by molar-refractivity contribution is -0.163. The van der Waals surface area contributed by atoms with E-state index in [1.807, 2.05) is 0 Å². The third-order valence-corrected chi connectivity index (χ3v) is 10.0. The third kappa shape index (κ3) is 44.3. The van der Waals surface area contributed by atoms with Gasteiger partial charge in [-0.1, -0.05) is 197 Å². The van der Waals surface area contributed by atoms with Gasteiger partial charge in [-0.15, -0.1) is 0 Å². The molecule has 0 rings (SSSR count). The molecular weight excluding hydrogens is 693 g/mol. The van der Waals surface area contributed by atoms with E-state index >= 15 is 0 Å². The van der Waals surface area contributed by atoms with Crippen molar-refractivity contribution < 1.29 is 23.8 Å². The molecule has 0 radical (unpaired) electrons. The van der Waals surface area contributed by atoms with Gasteiger partial charge in [0, 0.05) is 19.4 Å². The molecule has 0 aliphatic carbocycles. The molecule has 0 spiro atoms. The number of rotatable bonds is 43. The smallest absolute Gasteiger partial charge is 0.306 e. The summed E-state index contributed by atoms with van der Waals surface area (Å²) in [4.78, 5) is 25.2. The zero-order chi connectivity index (χ0) is 40.7. The second kappa shape index (κ2) is 47.0. The Hall–Kier alpha value is -2.40. The lowest BCUT2D eigenvalue weighted by Gasteiger charge is -2.18. The summed E-state index contributed by atoms with van der Waals surface area (Å²) < 4.78 is 17.3. The standard InChI is InChI=1S/C51H90O5/c1-4-7-10-13-16-19-21-22-23-24-25-26-27-28-29-31-34-37-40-43-46-54-47-49(56-51(53)45-42-39-36-32-18-15-12-9-6-3)48-55-50(52)44-41-38-35-33-30-20-17-14-11-8-5-2/h7,10,14,16-17,19,22-23,25-26,49H,4-6,8-9,11-13,15,18,20-21,24,27-48H2,1-3H3/b10-7-,17-14-,19-16-,23-22-,26-25-. The quantitative estimate of drug-likeness (QED) is 0.0350. The van der Waals surface area contributed by atoms with Crippen LogP contribution in [0.25, 0.3) is 0 Å². The maximum atomic E-state index is 12.7. The number of carbonyl (C=O) groups is 2. The highest BCUT2D eigenvalue weighted by Crippen LogP contribution is 2.13. The Morgan fingerprint density at radius 1 is 0.411 bits per heavy atom. The van der Waals surface area contributed by atoms with Crippen LogP contribution in [-0.2, 0) is 23.8 Å². The number of hydrogen-bond donors (Lipinski definition) is 0. The monoisotopic (exact) mass is 783 g/mol. The molecule has 0 saturated carbocycles. The molecule has 0 aromatic carbocycles. The Bertz CT molecular complexity index is 977. The van der Waals surface area contributed by atoms with Gasteiger partial charge in [-0.3, -0.25) is 9.59 Å². The van der Waals surface area contributed by atoms with Crippen LogP contribution < -0.4 is 0 Å². The summed E-state index contributed by atoms with van der Waals surface area (Å²) in [6, 6.07) is 0. The molecule has 0 bridgehead atoms. The minimum absolute atomic E-state index is 0.0770. The highest BCUT2D eigenvalue weighted by atomic mass is 16.6. The van der Waals surface area contributed by atoms with E-state index in [-0.39, 0.29) is 25.2 Å². The van der Waals surface area contributed by atoms with Gasteiger partial charge in [0.2, 0.25) is 0 Å². The van der Waals surface area contributed by atoms with E-state index in [1.54, 1.807) is 0 Å². The van der Waals surface area contributed by atoms with E-state index < -0.39 is 6.10 Å². The lowest BCUT2D eigenvalue weighted by Crippen LogP contribution is -2.30. The average Bonchev–Trinajstić information content (AvgIpc) is 3.20. The molecule has 5 heteroatoms. The fourth-order valence-corrected chi connectivity index (χ4v) is 6.48. The van der Waals surface area contributed by atoms with Gasteiger partial charge in [-0.2, -0.15) is 0 Å². The topological polar surface area (TPSA) is 61.8 Å². The van der Waals surface area contributed by atoms with Gasteiger partial charge in [0.1, 0.15) is 6.61 Å². The van der Waals surface area contributed by atoms with Crippen LogP contribution in [0.15, 0.2) is 60.8 Å². The zero-order valence-corrected chi connectivity index (χ0v) is 37.1. The van der Waals surface area contributed by atoms with Gasteiger partial charge in [0.15, 0.2) is 6.10 Å². The number of esters is 2. The summed E-state index contributed by atoms with van der Waals surface area (Å²) in [6.45, 7) is 7.64. The maximum absolute atomic E-state index is 12.7. The minimum atomic E-state index is -0.541. The molecule has 0 aliphatic rings. The lowest BCUT2D eigenvalue weighted by atomic mass is 10.1. The average molecular weight is 783 g/mol. The first-order chi connectivity index (χ1) is 27.6. The highest BCUT2D eigenvalue weighted by Gasteiger charge is 2.17. The van der Waals surface area contributed by atoms with Crippen molar-refractivity contribution in [2.75, 3.05) is 19.8 Å². The van der Waals surface area contributed by atoms with Crippen molar-refractivity contribution in [2.45, 2.75) is 232 Å². The van der Waals surface area contributed by atoms with Gasteiger partial charge in [-0.25, -0.2) is 0 Å². The Balaban J connectivity index is 4.19. The van der Waals surface area contributed by atoms with Gasteiger partial charge in [-0.05, 0) is 77.0 Å². The second-order valence-corrected chi connectivity index (χ2v) is 15.6. The van der Waals surface area contributed by atoms with Crippen LogP contribution in [0.5, 0.6) is 0 Å². The summed E-state index contributed by atoms with van der Waals surface area (Å²) in [6.07, 6.45) is 58.0. The van der Waals surface area contributed by atoms with Crippen molar-refractivity contribution in [3.05, 3.63) is 60.8 Å². The number of allylic oxidation sites excluding steroid dienone is 10. The molecule has 0 aromatic rings. The van der Waals surface area contributed by atoms with E-state index in [4.69, 9.17) is 14.2 Å². The Morgan fingerprint density at radius 2 is 0.821 bits per heavy atom. The van der Waals surface area contributed by atoms with Crippen LogP contribution in [0.3, 0.4) is 0 Å². The van der Waals surface area contributed by atoms with E-state index in [2.05, 4.69) is 81.5 Å². The van der Waals surface area contributed by atoms with E-state index in [0.29, 0.717) is 19.4 Å². The van der Waals surface area contributed by atoms with Crippen molar-refractivity contribution >= 4 is 11.9 Å². The second-order valence-electron chi connectivity index (χ2n) is 15.6. The van der Waals surface area contributed by atoms with Gasteiger partial charge < -0.3 is 14.2 Å². The first-order valence-electron chi connectivity index (χ1n) is 23.8. The summed E-state index contributed by atoms with van der Waals surface area (Å²) in [5.74, 6) is -0.415. The summed E-state index contributed by atoms with van der Waals surface area (Å²) in [5, 5.41) is 0. The van der Waals surface area contributed by atoms with E-state index in [9.17, 15) is 9.59 Å². The van der Waals surface area contributed by atoms with Crippen LogP contribution >= 0.6 is 0 Å². The highest BCUT2D eigenvalue weighted by molar-refractivity contribution is 5.70. The van der Waals surface area contributed by atoms with Gasteiger partial charge >= 0.3 is 11.9 Å². The first-order valence-corrected chi connectivity index (χ1v) is 23.8. The summed E-state index contributed by atoms with van der Waals surface area (Å²) in [7, 11) is 0. The zero-order valence-electron chi connectivity index (χ0n) is 37.1. The van der Waals surface area contributed by atoms with Crippen molar-refractivity contribution in [1.29, 1.82) is 0 Å². The molecule has 5 nitrogen and oxygen atoms in total. The molecule has 0 heterocycles. The molecule has 0 N–H and O–H groups in total. The molecule has 0 aromatic heterocycles. The van der Waals surface area contributed by atoms with Gasteiger partial charge in [0.05, 0.1) is 6.61 Å². The number of carbonyl (C=O) groups excluding carboxylic acids is 2. The number of hydrogen-bond acceptors (Lipinski definition) is 5. The van der Waals surface area contributed by atoms with Crippen molar-refractivity contribution in [3.8, 4) is 0 Å². The predicted molar refractivity (Wildman–Crippen MR) is 242 cm³/mol. The Kier molecular flexibility index (Phi) is 45.0. The molecular formula is C51H90O5. The molecule has 324 valence electrons. The van der Waals surface area contributed by atoms with Crippen molar-refractivity contribution in [3.63, 3.8) is 0 Å². The molecule has 56 heavy (non-hydrogen) atoms. The first kappa shape index (κ1) is 53.6. The van der Waals surface area contributed by atoms with Crippen LogP contribution in [0, 0.1) is 0 Å². The predicted octanol–water partition coefficient (Wildman–Crippen LogP) is 15.8. The summed E-state index contributed by atoms with van der Waals surface area (Å²) >= 11 is 0. The number of unbranched alkanes of at least 4 members (excludes halogenated alkanes) is 22. The SMILES string of the molecule is CC/C=C\C/C=C\C/C=C\C/C=C\CCCCCCCCCOCC(COC(=O)CCCCCCC/C=C\CCCC)OC(=O)CCCCCCCCCCC. The Labute approximate surface area is 347 Å². The Morgan fingerprint density at radius 3 is 1.36 bits per heavy atom. The van der Waals surface area contributed by atoms with Crippen molar-refractivity contribution in [2.24, 2.45) is 0 Å². The summed E-state index contributed by atoms with van der Waals surface area (Å²) in [5.41, 5.74) is 0. The largest absolute Gasteiger partial charge is 0.462 e. The molecule has 0 fully saturated rings. The van der Waals surface area contributed by atoms with E-state index in [1.165, 1.54) is 116 Å². The molecule has 0 amide bonds. The maximum Gasteiger partial charge on any atom is 0.306 e. The van der Waals surface area contributed by atoms with Crippen LogP contribution in [0.4, 0.5) is 0 Å². The minimum Gasteiger partial charge on any atom is -0.462 e. The normalized spacial score (nSPS) is 12.7. The van der Waals surface area contributed by atoms with Gasteiger partial charge in [0.25, 0.3) is 0 Å². The third-order valence-electron chi connectivity index (χ3n) is 10.0. The molecule has 0 saturated heterocycles. The van der Waals surface area contributed by atoms with Crippen LogP contribution in [0.2, 0.25) is 0 Å². The number of ether oxygens (including phenoxy) is 3. The molecule has 1 unspecified atom stereocenters. The molecule has 1 atom stereocenters. The van der Waals surface area contributed by atoms with Crippen molar-refractivity contribution in [1.82, 2.24) is 0 Å². The molecule has 0 aliphatic heterocycles. The fourth-order valence-electron chi connectivity index (χ4n) is 6.48. The van der Waals surface area contributed by atoms with Crippen LogP contribution in [0.1, 0.15) is 226 Å². The van der Waals surface area contributed by atoms with Crippen LogP contribution in [-0.4, -0.2) is 37.9 Å².